The normalized spacial score (nSPS) is 14.3. The number of alkyl carbamates (subject to hydrolysis) is 1. The number of hydrogen-bond acceptors (Lipinski definition) is 4. The quantitative estimate of drug-likeness (QED) is 0.846. The molecule has 1 aromatic rings. The van der Waals surface area contributed by atoms with Gasteiger partial charge in [0.05, 0.1) is 18.3 Å². The molecule has 0 aliphatic rings. The Hall–Kier alpha value is -1.59. The van der Waals surface area contributed by atoms with Crippen molar-refractivity contribution >= 4 is 6.09 Å². The molecule has 0 radical (unpaired) electrons. The first-order valence-corrected chi connectivity index (χ1v) is 7.09. The largest absolute Gasteiger partial charge is 0.441 e. The fourth-order valence-electron chi connectivity index (χ4n) is 1.86. The Morgan fingerprint density at radius 3 is 2.43 bits per heavy atom. The second kappa shape index (κ2) is 8.00. The number of hydrogen-bond donors (Lipinski definition) is 2. The van der Waals surface area contributed by atoms with Crippen LogP contribution in [0.3, 0.4) is 0 Å². The van der Waals surface area contributed by atoms with Crippen LogP contribution in [0.15, 0.2) is 30.3 Å². The smallest absolute Gasteiger partial charge is 0.407 e. The van der Waals surface area contributed by atoms with Crippen molar-refractivity contribution in [3.05, 3.63) is 35.9 Å². The molecule has 5 nitrogen and oxygen atoms in total. The van der Waals surface area contributed by atoms with E-state index < -0.39 is 18.3 Å². The number of aliphatic hydroxyl groups is 1. The molecular weight excluding hydrogens is 270 g/mol. The van der Waals surface area contributed by atoms with Crippen molar-refractivity contribution in [1.82, 2.24) is 5.32 Å². The third kappa shape index (κ3) is 7.11. The van der Waals surface area contributed by atoms with Crippen LogP contribution in [-0.2, 0) is 16.0 Å². The lowest BCUT2D eigenvalue weighted by molar-refractivity contribution is -0.114. The average molecular weight is 295 g/mol. The van der Waals surface area contributed by atoms with E-state index in [1.54, 1.807) is 6.92 Å². The molecule has 0 aliphatic heterocycles. The Balaban J connectivity index is 2.43. The number of rotatable bonds is 6. The molecule has 2 N–H and O–H groups in total. The zero-order valence-electron chi connectivity index (χ0n) is 13.1. The Bertz CT molecular complexity index is 428. The number of amides is 1. The van der Waals surface area contributed by atoms with Gasteiger partial charge in [0, 0.05) is 6.54 Å². The van der Waals surface area contributed by atoms with Gasteiger partial charge in [0.25, 0.3) is 0 Å². The van der Waals surface area contributed by atoms with E-state index in [1.165, 1.54) is 0 Å². The highest BCUT2D eigenvalue weighted by atomic mass is 16.6. The standard InChI is InChI=1S/C16H25NO4/c1-12(21-16(2,3)4)14(11-18)20-15(19)17-10-13-8-6-5-7-9-13/h5-9,12,14,18H,10-11H2,1-4H3,(H,17,19)/t12-,14-/m1/s1. The molecule has 2 atom stereocenters. The minimum absolute atomic E-state index is 0.282. The maximum Gasteiger partial charge on any atom is 0.407 e. The molecule has 1 amide bonds. The zero-order valence-corrected chi connectivity index (χ0v) is 13.1. The van der Waals surface area contributed by atoms with Crippen LogP contribution in [0.2, 0.25) is 0 Å². The molecule has 1 aromatic carbocycles. The van der Waals surface area contributed by atoms with Crippen molar-refractivity contribution < 1.29 is 19.4 Å². The third-order valence-corrected chi connectivity index (χ3v) is 2.78. The predicted octanol–water partition coefficient (Wildman–Crippen LogP) is 2.48. The second-order valence-corrected chi connectivity index (χ2v) is 5.90. The molecule has 0 heterocycles. The molecule has 5 heteroatoms. The van der Waals surface area contributed by atoms with Gasteiger partial charge in [0.15, 0.2) is 6.10 Å². The Kier molecular flexibility index (Phi) is 6.65. The van der Waals surface area contributed by atoms with E-state index in [0.29, 0.717) is 6.54 Å². The summed E-state index contributed by atoms with van der Waals surface area (Å²) in [6, 6.07) is 9.54. The first kappa shape index (κ1) is 17.5. The van der Waals surface area contributed by atoms with Crippen LogP contribution in [0.5, 0.6) is 0 Å². The zero-order chi connectivity index (χ0) is 15.9. The van der Waals surface area contributed by atoms with Crippen LogP contribution in [0.25, 0.3) is 0 Å². The molecule has 21 heavy (non-hydrogen) atoms. The summed E-state index contributed by atoms with van der Waals surface area (Å²) in [5.74, 6) is 0. The van der Waals surface area contributed by atoms with E-state index in [0.717, 1.165) is 5.56 Å². The maximum absolute atomic E-state index is 11.8. The highest BCUT2D eigenvalue weighted by molar-refractivity contribution is 5.67. The van der Waals surface area contributed by atoms with Crippen LogP contribution in [-0.4, -0.2) is 35.6 Å². The van der Waals surface area contributed by atoms with Gasteiger partial charge in [-0.15, -0.1) is 0 Å². The van der Waals surface area contributed by atoms with Crippen LogP contribution in [0.4, 0.5) is 4.79 Å². The third-order valence-electron chi connectivity index (χ3n) is 2.78. The van der Waals surface area contributed by atoms with Gasteiger partial charge in [-0.1, -0.05) is 30.3 Å². The van der Waals surface area contributed by atoms with Gasteiger partial charge >= 0.3 is 6.09 Å². The summed E-state index contributed by atoms with van der Waals surface area (Å²) in [6.07, 6.45) is -1.65. The van der Waals surface area contributed by atoms with Gasteiger partial charge in [-0.2, -0.15) is 0 Å². The molecule has 0 bridgehead atoms. The number of benzene rings is 1. The lowest BCUT2D eigenvalue weighted by Gasteiger charge is -2.29. The SMILES string of the molecule is C[C@@H](OC(C)(C)C)[C@@H](CO)OC(=O)NCc1ccccc1. The Morgan fingerprint density at radius 2 is 1.90 bits per heavy atom. The van der Waals surface area contributed by atoms with Crippen molar-refractivity contribution in [1.29, 1.82) is 0 Å². The summed E-state index contributed by atoms with van der Waals surface area (Å²) in [6.45, 7) is 7.60. The van der Waals surface area contributed by atoms with Gasteiger partial charge < -0.3 is 19.9 Å². The fourth-order valence-corrected chi connectivity index (χ4v) is 1.86. The van der Waals surface area contributed by atoms with Crippen molar-refractivity contribution in [3.8, 4) is 0 Å². The molecule has 0 fully saturated rings. The molecule has 0 spiro atoms. The summed E-state index contributed by atoms with van der Waals surface area (Å²) in [7, 11) is 0. The van der Waals surface area contributed by atoms with E-state index in [9.17, 15) is 9.90 Å². The molecule has 118 valence electrons. The number of carbonyl (C=O) groups excluding carboxylic acids is 1. The molecule has 0 saturated carbocycles. The van der Waals surface area contributed by atoms with Crippen molar-refractivity contribution in [2.24, 2.45) is 0 Å². The second-order valence-electron chi connectivity index (χ2n) is 5.90. The summed E-state index contributed by atoms with van der Waals surface area (Å²) in [4.78, 5) is 11.8. The molecule has 0 aliphatic carbocycles. The number of nitrogens with one attached hydrogen (secondary N) is 1. The molecule has 0 aromatic heterocycles. The van der Waals surface area contributed by atoms with Crippen LogP contribution in [0.1, 0.15) is 33.3 Å². The Labute approximate surface area is 126 Å². The summed E-state index contributed by atoms with van der Waals surface area (Å²) in [5.41, 5.74) is 0.616. The first-order valence-electron chi connectivity index (χ1n) is 7.09. The molecule has 0 unspecified atom stereocenters. The number of aliphatic hydroxyl groups excluding tert-OH is 1. The lowest BCUT2D eigenvalue weighted by atomic mass is 10.1. The summed E-state index contributed by atoms with van der Waals surface area (Å²) < 4.78 is 10.9. The van der Waals surface area contributed by atoms with Gasteiger partial charge in [0.1, 0.15) is 0 Å². The first-order chi connectivity index (χ1) is 9.81. The summed E-state index contributed by atoms with van der Waals surface area (Å²) in [5, 5.41) is 12.0. The highest BCUT2D eigenvalue weighted by Gasteiger charge is 2.25. The van der Waals surface area contributed by atoms with Gasteiger partial charge in [-0.25, -0.2) is 4.79 Å². The number of carbonyl (C=O) groups is 1. The summed E-state index contributed by atoms with van der Waals surface area (Å²) >= 11 is 0. The van der Waals surface area contributed by atoms with E-state index in [2.05, 4.69) is 5.32 Å². The topological polar surface area (TPSA) is 67.8 Å². The molecule has 0 saturated heterocycles. The van der Waals surface area contributed by atoms with Crippen LogP contribution in [0, 0.1) is 0 Å². The van der Waals surface area contributed by atoms with Crippen LogP contribution >= 0.6 is 0 Å². The Morgan fingerprint density at radius 1 is 1.29 bits per heavy atom. The van der Waals surface area contributed by atoms with Crippen molar-refractivity contribution in [2.45, 2.75) is 52.0 Å². The van der Waals surface area contributed by atoms with Gasteiger partial charge in [-0.05, 0) is 33.3 Å². The van der Waals surface area contributed by atoms with E-state index >= 15 is 0 Å². The van der Waals surface area contributed by atoms with Gasteiger partial charge in [-0.3, -0.25) is 0 Å². The maximum atomic E-state index is 11.8. The monoisotopic (exact) mass is 295 g/mol. The fraction of sp³-hybridized carbons (Fsp3) is 0.562. The van der Waals surface area contributed by atoms with E-state index in [4.69, 9.17) is 9.47 Å². The van der Waals surface area contributed by atoms with E-state index in [1.807, 2.05) is 51.1 Å². The van der Waals surface area contributed by atoms with Gasteiger partial charge in [0.2, 0.25) is 0 Å². The lowest BCUT2D eigenvalue weighted by Crippen LogP contribution is -2.41. The minimum Gasteiger partial charge on any atom is -0.441 e. The van der Waals surface area contributed by atoms with Crippen LogP contribution < -0.4 is 5.32 Å². The average Bonchev–Trinajstić information content (AvgIpc) is 2.41. The molecular formula is C16H25NO4. The van der Waals surface area contributed by atoms with E-state index in [-0.39, 0.29) is 12.2 Å². The van der Waals surface area contributed by atoms with Crippen molar-refractivity contribution in [3.63, 3.8) is 0 Å². The number of ether oxygens (including phenoxy) is 2. The molecule has 1 rings (SSSR count). The van der Waals surface area contributed by atoms with Crippen molar-refractivity contribution in [2.75, 3.05) is 6.61 Å². The minimum atomic E-state index is -0.694. The highest BCUT2D eigenvalue weighted by Crippen LogP contribution is 2.14. The predicted molar refractivity (Wildman–Crippen MR) is 80.9 cm³/mol.